The Labute approximate surface area is 123 Å². The molecule has 0 fully saturated rings. The van der Waals surface area contributed by atoms with E-state index >= 15 is 0 Å². The first-order valence-corrected chi connectivity index (χ1v) is 7.09. The van der Waals surface area contributed by atoms with Gasteiger partial charge in [-0.15, -0.1) is 0 Å². The largest absolute Gasteiger partial charge is 0.380 e. The molecule has 0 aliphatic carbocycles. The minimum atomic E-state index is -0.193. The Bertz CT molecular complexity index is 518. The van der Waals surface area contributed by atoms with Gasteiger partial charge < -0.3 is 5.32 Å². The van der Waals surface area contributed by atoms with E-state index in [9.17, 15) is 4.39 Å². The van der Waals surface area contributed by atoms with Gasteiger partial charge in [0.2, 0.25) is 0 Å². The average molecular weight is 373 g/mol. The van der Waals surface area contributed by atoms with E-state index < -0.39 is 0 Å². The van der Waals surface area contributed by atoms with Gasteiger partial charge in [-0.1, -0.05) is 22.0 Å². The topological polar surface area (TPSA) is 12.0 Å². The highest BCUT2D eigenvalue weighted by atomic mass is 79.9. The third kappa shape index (κ3) is 3.33. The molecule has 0 amide bonds. The molecule has 0 radical (unpaired) electrons. The molecule has 2 aromatic carbocycles. The molecule has 0 atom stereocenters. The van der Waals surface area contributed by atoms with Crippen LogP contribution in [0.5, 0.6) is 0 Å². The monoisotopic (exact) mass is 371 g/mol. The number of anilines is 1. The minimum Gasteiger partial charge on any atom is -0.380 e. The van der Waals surface area contributed by atoms with Crippen molar-refractivity contribution in [2.45, 2.75) is 13.5 Å². The van der Waals surface area contributed by atoms with E-state index in [-0.39, 0.29) is 5.82 Å². The van der Waals surface area contributed by atoms with E-state index in [1.807, 2.05) is 31.2 Å². The van der Waals surface area contributed by atoms with Crippen LogP contribution in [0.1, 0.15) is 11.1 Å². The lowest BCUT2D eigenvalue weighted by atomic mass is 10.1. The lowest BCUT2D eigenvalue weighted by molar-refractivity contribution is 0.625. The summed E-state index contributed by atoms with van der Waals surface area (Å²) in [5.41, 5.74) is 3.06. The molecule has 2 aromatic rings. The van der Waals surface area contributed by atoms with Crippen LogP contribution in [-0.4, -0.2) is 0 Å². The van der Waals surface area contributed by atoms with Crippen LogP contribution in [0.3, 0.4) is 0 Å². The fraction of sp³-hybridized carbons (Fsp3) is 0.143. The summed E-state index contributed by atoms with van der Waals surface area (Å²) in [7, 11) is 0. The number of hydrogen-bond acceptors (Lipinski definition) is 1. The van der Waals surface area contributed by atoms with E-state index in [0.717, 1.165) is 25.8 Å². The predicted octanol–water partition coefficient (Wildman–Crippen LogP) is 5.27. The highest BCUT2D eigenvalue weighted by Crippen LogP contribution is 2.26. The maximum atomic E-state index is 13.0. The first-order chi connectivity index (χ1) is 8.56. The molecular weight excluding hydrogens is 361 g/mol. The van der Waals surface area contributed by atoms with Crippen molar-refractivity contribution in [3.05, 3.63) is 62.3 Å². The molecule has 4 heteroatoms. The van der Waals surface area contributed by atoms with Crippen molar-refractivity contribution in [2.75, 3.05) is 5.32 Å². The van der Waals surface area contributed by atoms with Crippen molar-refractivity contribution >= 4 is 37.5 Å². The number of hydrogen-bond donors (Lipinski definition) is 1. The van der Waals surface area contributed by atoms with Crippen molar-refractivity contribution < 1.29 is 4.39 Å². The summed E-state index contributed by atoms with van der Waals surface area (Å²) >= 11 is 6.91. The van der Waals surface area contributed by atoms with Gasteiger partial charge in [0, 0.05) is 21.2 Å². The van der Waals surface area contributed by atoms with Gasteiger partial charge in [0.25, 0.3) is 0 Å². The smallest absolute Gasteiger partial charge is 0.123 e. The number of benzene rings is 2. The molecule has 0 heterocycles. The van der Waals surface area contributed by atoms with Gasteiger partial charge in [-0.25, -0.2) is 4.39 Å². The molecule has 0 bridgehead atoms. The summed E-state index contributed by atoms with van der Waals surface area (Å²) in [6.45, 7) is 2.59. The van der Waals surface area contributed by atoms with Gasteiger partial charge in [0.05, 0.1) is 0 Å². The fourth-order valence-electron chi connectivity index (χ4n) is 1.68. The van der Waals surface area contributed by atoms with Crippen LogP contribution in [0.15, 0.2) is 45.3 Å². The maximum Gasteiger partial charge on any atom is 0.123 e. The highest BCUT2D eigenvalue weighted by molar-refractivity contribution is 9.11. The van der Waals surface area contributed by atoms with Gasteiger partial charge in [-0.05, 0) is 64.3 Å². The summed E-state index contributed by atoms with van der Waals surface area (Å²) in [6.07, 6.45) is 0. The van der Waals surface area contributed by atoms with Crippen LogP contribution in [-0.2, 0) is 6.54 Å². The second kappa shape index (κ2) is 5.85. The number of rotatable bonds is 3. The summed E-state index contributed by atoms with van der Waals surface area (Å²) in [5, 5.41) is 3.33. The SMILES string of the molecule is Cc1cc(F)ccc1CNc1ccc(Br)cc1Br. The molecule has 0 saturated heterocycles. The predicted molar refractivity (Wildman–Crippen MR) is 80.3 cm³/mol. The van der Waals surface area contributed by atoms with Crippen molar-refractivity contribution in [1.82, 2.24) is 0 Å². The third-order valence-electron chi connectivity index (χ3n) is 2.71. The molecule has 94 valence electrons. The Morgan fingerprint density at radius 3 is 2.56 bits per heavy atom. The summed E-state index contributed by atoms with van der Waals surface area (Å²) in [5.74, 6) is -0.193. The fourth-order valence-corrected chi connectivity index (χ4v) is 2.87. The molecule has 0 saturated carbocycles. The molecule has 1 nitrogen and oxygen atoms in total. The average Bonchev–Trinajstić information content (AvgIpc) is 2.30. The summed E-state index contributed by atoms with van der Waals surface area (Å²) < 4.78 is 15.0. The van der Waals surface area contributed by atoms with Crippen LogP contribution >= 0.6 is 31.9 Å². The summed E-state index contributed by atoms with van der Waals surface area (Å²) in [6, 6.07) is 10.8. The Morgan fingerprint density at radius 2 is 1.89 bits per heavy atom. The second-order valence-electron chi connectivity index (χ2n) is 4.05. The van der Waals surface area contributed by atoms with Crippen LogP contribution in [0.4, 0.5) is 10.1 Å². The molecular formula is C14H12Br2FN. The molecule has 0 aliphatic rings. The lowest BCUT2D eigenvalue weighted by Crippen LogP contribution is -2.02. The van der Waals surface area contributed by atoms with Crippen molar-refractivity contribution in [2.24, 2.45) is 0 Å². The zero-order valence-corrected chi connectivity index (χ0v) is 13.0. The van der Waals surface area contributed by atoms with E-state index in [1.165, 1.54) is 6.07 Å². The van der Waals surface area contributed by atoms with E-state index in [1.54, 1.807) is 6.07 Å². The lowest BCUT2D eigenvalue weighted by Gasteiger charge is -2.11. The highest BCUT2D eigenvalue weighted by Gasteiger charge is 2.03. The zero-order valence-electron chi connectivity index (χ0n) is 9.81. The number of halogens is 3. The second-order valence-corrected chi connectivity index (χ2v) is 5.82. The first-order valence-electron chi connectivity index (χ1n) is 5.50. The maximum absolute atomic E-state index is 13.0. The van der Waals surface area contributed by atoms with Gasteiger partial charge in [0.15, 0.2) is 0 Å². The van der Waals surface area contributed by atoms with Gasteiger partial charge in [-0.2, -0.15) is 0 Å². The standard InChI is InChI=1S/C14H12Br2FN/c1-9-6-12(17)4-2-10(9)8-18-14-5-3-11(15)7-13(14)16/h2-7,18H,8H2,1H3. The van der Waals surface area contributed by atoms with Gasteiger partial charge >= 0.3 is 0 Å². The van der Waals surface area contributed by atoms with Crippen molar-refractivity contribution in [3.63, 3.8) is 0 Å². The van der Waals surface area contributed by atoms with Crippen LogP contribution < -0.4 is 5.32 Å². The molecule has 0 unspecified atom stereocenters. The zero-order chi connectivity index (χ0) is 13.1. The first kappa shape index (κ1) is 13.6. The van der Waals surface area contributed by atoms with Crippen LogP contribution in [0, 0.1) is 12.7 Å². The van der Waals surface area contributed by atoms with Crippen LogP contribution in [0.2, 0.25) is 0 Å². The Hall–Kier alpha value is -0.870. The van der Waals surface area contributed by atoms with Crippen LogP contribution in [0.25, 0.3) is 0 Å². The van der Waals surface area contributed by atoms with Crippen molar-refractivity contribution in [3.8, 4) is 0 Å². The molecule has 0 aliphatic heterocycles. The van der Waals surface area contributed by atoms with Gasteiger partial charge in [0.1, 0.15) is 5.82 Å². The molecule has 18 heavy (non-hydrogen) atoms. The Morgan fingerprint density at radius 1 is 1.11 bits per heavy atom. The van der Waals surface area contributed by atoms with Gasteiger partial charge in [-0.3, -0.25) is 0 Å². The van der Waals surface area contributed by atoms with E-state index in [4.69, 9.17) is 0 Å². The summed E-state index contributed by atoms with van der Waals surface area (Å²) in [4.78, 5) is 0. The normalized spacial score (nSPS) is 10.4. The molecule has 2 rings (SSSR count). The third-order valence-corrected chi connectivity index (χ3v) is 3.85. The van der Waals surface area contributed by atoms with Crippen molar-refractivity contribution in [1.29, 1.82) is 0 Å². The van der Waals surface area contributed by atoms with E-state index in [0.29, 0.717) is 6.54 Å². The Balaban J connectivity index is 2.11. The molecule has 1 N–H and O–H groups in total. The number of aryl methyl sites for hydroxylation is 1. The molecule has 0 spiro atoms. The number of nitrogens with one attached hydrogen (secondary N) is 1. The quantitative estimate of drug-likeness (QED) is 0.773. The minimum absolute atomic E-state index is 0.193. The Kier molecular flexibility index (Phi) is 4.40. The molecule has 0 aromatic heterocycles. The van der Waals surface area contributed by atoms with E-state index in [2.05, 4.69) is 37.2 Å².